The molecule has 0 aromatic carbocycles. The Labute approximate surface area is 141 Å². The van der Waals surface area contributed by atoms with Crippen LogP contribution in [0, 0.1) is 0 Å². The average molecular weight is 353 g/mol. The summed E-state index contributed by atoms with van der Waals surface area (Å²) in [5.74, 6) is -0.140. The molecule has 1 N–H and O–H groups in total. The van der Waals surface area contributed by atoms with E-state index < -0.39 is 10.1 Å². The maximum Gasteiger partial charge on any atom is 0.265 e. The maximum absolute atomic E-state index is 10.9. The molecule has 0 aliphatic carbocycles. The molecule has 23 heavy (non-hydrogen) atoms. The maximum atomic E-state index is 10.9. The second kappa shape index (κ2) is 11.4. The Morgan fingerprint density at radius 3 is 2.17 bits per heavy atom. The van der Waals surface area contributed by atoms with Crippen LogP contribution in [0.1, 0.15) is 45.4 Å². The molecule has 0 saturated carbocycles. The molecule has 1 heterocycles. The van der Waals surface area contributed by atoms with Crippen molar-refractivity contribution in [2.75, 3.05) is 58.4 Å². The summed E-state index contributed by atoms with van der Waals surface area (Å²) in [6.45, 7) is 8.78. The Bertz CT molecular complexity index is 393. The van der Waals surface area contributed by atoms with E-state index in [4.69, 9.17) is 14.0 Å². The Balaban J connectivity index is 2.22. The molecule has 0 spiro atoms. The van der Waals surface area contributed by atoms with Crippen LogP contribution in [0.15, 0.2) is 0 Å². The van der Waals surface area contributed by atoms with Crippen LogP contribution in [0.4, 0.5) is 0 Å². The van der Waals surface area contributed by atoms with Crippen molar-refractivity contribution in [2.45, 2.75) is 45.4 Å². The number of hydrogen-bond acceptors (Lipinski definition) is 4. The van der Waals surface area contributed by atoms with Crippen LogP contribution in [-0.4, -0.2) is 75.8 Å². The smallest absolute Gasteiger partial charge is 0.265 e. The zero-order valence-electron chi connectivity index (χ0n) is 14.5. The van der Waals surface area contributed by atoms with Crippen molar-refractivity contribution in [1.82, 2.24) is 0 Å². The number of ether oxygens (including phenoxy) is 2. The summed E-state index contributed by atoms with van der Waals surface area (Å²) < 4.78 is 42.8. The van der Waals surface area contributed by atoms with Crippen molar-refractivity contribution >= 4 is 10.1 Å². The first-order chi connectivity index (χ1) is 11.0. The Morgan fingerprint density at radius 1 is 0.913 bits per heavy atom. The average Bonchev–Trinajstić information content (AvgIpc) is 2.50. The van der Waals surface area contributed by atoms with E-state index in [9.17, 15) is 8.42 Å². The molecule has 138 valence electrons. The summed E-state index contributed by atoms with van der Waals surface area (Å²) in [5.41, 5.74) is 0. The fourth-order valence-electron chi connectivity index (χ4n) is 3.15. The fraction of sp³-hybridized carbons (Fsp3) is 1.00. The van der Waals surface area contributed by atoms with Gasteiger partial charge in [-0.05, 0) is 25.7 Å². The van der Waals surface area contributed by atoms with Crippen molar-refractivity contribution in [3.05, 3.63) is 0 Å². The molecule has 0 aromatic rings. The van der Waals surface area contributed by atoms with Gasteiger partial charge in [0.05, 0.1) is 45.2 Å². The molecular formula is C16H34NO5S+. The van der Waals surface area contributed by atoms with E-state index in [0.717, 1.165) is 50.1 Å². The molecule has 0 atom stereocenters. The largest absolute Gasteiger partial charge is 0.379 e. The van der Waals surface area contributed by atoms with Gasteiger partial charge in [-0.25, -0.2) is 0 Å². The summed E-state index contributed by atoms with van der Waals surface area (Å²) in [4.78, 5) is 0. The highest BCUT2D eigenvalue weighted by Gasteiger charge is 2.29. The molecule has 1 fully saturated rings. The molecule has 0 amide bonds. The third kappa shape index (κ3) is 10.3. The SMILES string of the molecule is CCCCOCCOCC[N+]1(CCCS(=O)(=O)O)CCCCC1. The molecular weight excluding hydrogens is 318 g/mol. The summed E-state index contributed by atoms with van der Waals surface area (Å²) in [7, 11) is -3.85. The molecule has 6 nitrogen and oxygen atoms in total. The lowest BCUT2D eigenvalue weighted by atomic mass is 10.1. The van der Waals surface area contributed by atoms with Gasteiger partial charge in [-0.1, -0.05) is 13.3 Å². The summed E-state index contributed by atoms with van der Waals surface area (Å²) in [6, 6.07) is 0. The molecule has 1 aliphatic rings. The zero-order valence-corrected chi connectivity index (χ0v) is 15.4. The van der Waals surface area contributed by atoms with Gasteiger partial charge in [-0.2, -0.15) is 8.42 Å². The van der Waals surface area contributed by atoms with Crippen LogP contribution in [-0.2, 0) is 19.6 Å². The minimum Gasteiger partial charge on any atom is -0.379 e. The number of piperidine rings is 1. The standard InChI is InChI=1S/C16H33NO5S/c1-2-3-12-21-14-15-22-13-11-17(8-5-4-6-9-17)10-7-16-23(18,19)20/h2-16H2,1H3/p+1. The highest BCUT2D eigenvalue weighted by molar-refractivity contribution is 7.85. The van der Waals surface area contributed by atoms with Gasteiger partial charge in [0.1, 0.15) is 6.54 Å². The molecule has 1 saturated heterocycles. The summed E-state index contributed by atoms with van der Waals surface area (Å²) in [6.07, 6.45) is 6.37. The van der Waals surface area contributed by atoms with Gasteiger partial charge in [0.15, 0.2) is 0 Å². The van der Waals surface area contributed by atoms with Crippen LogP contribution in [0.25, 0.3) is 0 Å². The number of hydrogen-bond donors (Lipinski definition) is 1. The number of quaternary nitrogens is 1. The summed E-state index contributed by atoms with van der Waals surface area (Å²) in [5, 5.41) is 0. The van der Waals surface area contributed by atoms with Gasteiger partial charge in [-0.15, -0.1) is 0 Å². The second-order valence-electron chi connectivity index (χ2n) is 6.51. The van der Waals surface area contributed by atoms with Gasteiger partial charge in [0.25, 0.3) is 10.1 Å². The van der Waals surface area contributed by atoms with Gasteiger partial charge >= 0.3 is 0 Å². The summed E-state index contributed by atoms with van der Waals surface area (Å²) >= 11 is 0. The van der Waals surface area contributed by atoms with E-state index in [1.165, 1.54) is 19.3 Å². The lowest BCUT2D eigenvalue weighted by Gasteiger charge is -2.41. The first kappa shape index (κ1) is 20.8. The van der Waals surface area contributed by atoms with E-state index in [1.54, 1.807) is 0 Å². The highest BCUT2D eigenvalue weighted by Crippen LogP contribution is 2.19. The van der Waals surface area contributed by atoms with Gasteiger partial charge in [-0.3, -0.25) is 4.55 Å². The third-order valence-corrected chi connectivity index (χ3v) is 5.33. The number of unbranched alkanes of at least 4 members (excludes halogenated alkanes) is 1. The molecule has 1 rings (SSSR count). The topological polar surface area (TPSA) is 72.8 Å². The van der Waals surface area contributed by atoms with E-state index >= 15 is 0 Å². The van der Waals surface area contributed by atoms with Crippen molar-refractivity contribution in [2.24, 2.45) is 0 Å². The number of rotatable bonds is 13. The second-order valence-corrected chi connectivity index (χ2v) is 8.09. The zero-order chi connectivity index (χ0) is 17.0. The van der Waals surface area contributed by atoms with Gasteiger partial charge in [0.2, 0.25) is 0 Å². The van der Waals surface area contributed by atoms with Crippen molar-refractivity contribution in [1.29, 1.82) is 0 Å². The monoisotopic (exact) mass is 352 g/mol. The van der Waals surface area contributed by atoms with E-state index in [-0.39, 0.29) is 5.75 Å². The van der Waals surface area contributed by atoms with Crippen LogP contribution in [0.3, 0.4) is 0 Å². The van der Waals surface area contributed by atoms with E-state index in [0.29, 0.717) is 26.2 Å². The fourth-order valence-corrected chi connectivity index (χ4v) is 3.64. The lowest BCUT2D eigenvalue weighted by Crippen LogP contribution is -2.54. The predicted molar refractivity (Wildman–Crippen MR) is 91.2 cm³/mol. The first-order valence-electron chi connectivity index (χ1n) is 8.93. The number of nitrogens with zero attached hydrogens (tertiary/aromatic N) is 1. The lowest BCUT2D eigenvalue weighted by molar-refractivity contribution is -0.932. The third-order valence-electron chi connectivity index (χ3n) is 4.52. The minimum atomic E-state index is -3.85. The van der Waals surface area contributed by atoms with Crippen LogP contribution in [0.5, 0.6) is 0 Å². The quantitative estimate of drug-likeness (QED) is 0.312. The van der Waals surface area contributed by atoms with Crippen molar-refractivity contribution in [3.63, 3.8) is 0 Å². The van der Waals surface area contributed by atoms with Gasteiger partial charge < -0.3 is 14.0 Å². The van der Waals surface area contributed by atoms with Crippen molar-refractivity contribution in [3.8, 4) is 0 Å². The normalized spacial score (nSPS) is 18.2. The molecule has 0 aromatic heterocycles. The van der Waals surface area contributed by atoms with Crippen molar-refractivity contribution < 1.29 is 26.9 Å². The Morgan fingerprint density at radius 2 is 1.57 bits per heavy atom. The molecule has 0 unspecified atom stereocenters. The van der Waals surface area contributed by atoms with E-state index in [1.807, 2.05) is 0 Å². The highest BCUT2D eigenvalue weighted by atomic mass is 32.2. The Kier molecular flexibility index (Phi) is 10.3. The Hall–Kier alpha value is -0.210. The van der Waals surface area contributed by atoms with Crippen LogP contribution >= 0.6 is 0 Å². The first-order valence-corrected chi connectivity index (χ1v) is 10.5. The van der Waals surface area contributed by atoms with E-state index in [2.05, 4.69) is 6.92 Å². The van der Waals surface area contributed by atoms with Gasteiger partial charge in [0, 0.05) is 13.0 Å². The van der Waals surface area contributed by atoms with Crippen LogP contribution in [0.2, 0.25) is 0 Å². The number of likely N-dealkylation sites (tertiary alicyclic amines) is 1. The van der Waals surface area contributed by atoms with Crippen LogP contribution < -0.4 is 0 Å². The minimum absolute atomic E-state index is 0.140. The molecule has 7 heteroatoms. The molecule has 0 radical (unpaired) electrons. The predicted octanol–water partition coefficient (Wildman–Crippen LogP) is 2.10. The molecule has 1 aliphatic heterocycles. The molecule has 0 bridgehead atoms.